The maximum absolute atomic E-state index is 11.4. The van der Waals surface area contributed by atoms with Crippen LogP contribution in [-0.4, -0.2) is 46.0 Å². The second-order valence-corrected chi connectivity index (χ2v) is 2.41. The maximum atomic E-state index is 11.4. The predicted octanol–water partition coefficient (Wildman–Crippen LogP) is -1.44. The van der Waals surface area contributed by atoms with E-state index in [1.54, 1.807) is 0 Å². The van der Waals surface area contributed by atoms with Gasteiger partial charge < -0.3 is 20.1 Å². The Hall–Kier alpha value is -0.560. The molecule has 0 aliphatic rings. The van der Waals surface area contributed by atoms with E-state index in [1.807, 2.05) is 0 Å². The number of aliphatic hydroxyl groups excluding tert-OH is 3. The minimum atomic E-state index is -1.77. The van der Waals surface area contributed by atoms with Gasteiger partial charge in [-0.25, -0.2) is 0 Å². The van der Waals surface area contributed by atoms with Gasteiger partial charge in [-0.05, 0) is 11.4 Å². The number of carbonyl (C=O) groups is 1. The van der Waals surface area contributed by atoms with Crippen LogP contribution in [0, 0.1) is 0 Å². The molecule has 0 amide bonds. The van der Waals surface area contributed by atoms with Gasteiger partial charge in [-0.2, -0.15) is 4.94 Å². The van der Waals surface area contributed by atoms with Crippen LogP contribution in [0.3, 0.4) is 0 Å². The Balaban J connectivity index is 4.14. The van der Waals surface area contributed by atoms with Gasteiger partial charge in [-0.1, -0.05) is 0 Å². The normalized spacial score (nSPS) is 21.1. The minimum absolute atomic E-state index is 0.00370. The maximum Gasteiger partial charge on any atom is 0.182 e. The molecule has 0 saturated carbocycles. The van der Waals surface area contributed by atoms with E-state index in [0.717, 1.165) is 0 Å². The van der Waals surface area contributed by atoms with E-state index in [9.17, 15) is 9.32 Å². The van der Waals surface area contributed by atoms with Crippen molar-refractivity contribution in [2.45, 2.75) is 31.3 Å². The molecule has 12 heavy (non-hydrogen) atoms. The quantitative estimate of drug-likeness (QED) is 0.453. The van der Waals surface area contributed by atoms with Gasteiger partial charge in [0.2, 0.25) is 0 Å². The van der Waals surface area contributed by atoms with E-state index in [-0.39, 0.29) is 6.29 Å². The molecule has 0 heterocycles. The molecule has 5 nitrogen and oxygen atoms in total. The summed E-state index contributed by atoms with van der Waals surface area (Å²) in [6.45, 7) is 1.19. The highest BCUT2D eigenvalue weighted by molar-refractivity contribution is 5.57. The van der Waals surface area contributed by atoms with Crippen molar-refractivity contribution in [2.75, 3.05) is 0 Å². The Bertz CT molecular complexity index is 140. The number of halogens is 1. The summed E-state index contributed by atoms with van der Waals surface area (Å²) in [5, 5.41) is 26.6. The molecule has 3 N–H and O–H groups in total. The van der Waals surface area contributed by atoms with Crippen LogP contribution in [-0.2, 0) is 9.74 Å². The topological polar surface area (TPSA) is 87.0 Å². The third kappa shape index (κ3) is 2.82. The molecule has 0 fully saturated rings. The highest BCUT2D eigenvalue weighted by atomic mass is 19.3. The van der Waals surface area contributed by atoms with Crippen LogP contribution in [0.1, 0.15) is 6.92 Å². The van der Waals surface area contributed by atoms with E-state index in [2.05, 4.69) is 4.94 Å². The fourth-order valence-corrected chi connectivity index (χ4v) is 0.634. The molecule has 0 unspecified atom stereocenters. The standard InChI is InChI=1S/C6H11FO5/c1-3(9)5(10)6(11)4(2-8)12-7/h2-6,9-11H,1H3/t3-,4+,5-,6-/m1/s1. The van der Waals surface area contributed by atoms with Crippen molar-refractivity contribution in [1.82, 2.24) is 0 Å². The van der Waals surface area contributed by atoms with Crippen LogP contribution in [0.5, 0.6) is 0 Å². The zero-order valence-electron chi connectivity index (χ0n) is 6.42. The largest absolute Gasteiger partial charge is 0.391 e. The predicted molar refractivity (Wildman–Crippen MR) is 35.7 cm³/mol. The number of aldehydes is 1. The smallest absolute Gasteiger partial charge is 0.182 e. The average molecular weight is 182 g/mol. The lowest BCUT2D eigenvalue weighted by Crippen LogP contribution is -2.44. The van der Waals surface area contributed by atoms with E-state index < -0.39 is 24.4 Å². The zero-order chi connectivity index (χ0) is 9.72. The molecule has 0 aliphatic heterocycles. The Morgan fingerprint density at radius 1 is 1.33 bits per heavy atom. The molecule has 0 aliphatic carbocycles. The van der Waals surface area contributed by atoms with E-state index in [0.29, 0.717) is 0 Å². The fraction of sp³-hybridized carbons (Fsp3) is 0.833. The summed E-state index contributed by atoms with van der Waals surface area (Å²) in [7, 11) is 0. The molecule has 0 aromatic rings. The Labute approximate surface area is 68.3 Å². The zero-order valence-corrected chi connectivity index (χ0v) is 6.42. The Kier molecular flexibility index (Phi) is 4.91. The third-order valence-corrected chi connectivity index (χ3v) is 1.42. The number of hydrogen-bond donors (Lipinski definition) is 3. The van der Waals surface area contributed by atoms with Gasteiger partial charge in [0.05, 0.1) is 6.10 Å². The molecule has 4 atom stereocenters. The molecule has 0 spiro atoms. The van der Waals surface area contributed by atoms with Crippen LogP contribution in [0.25, 0.3) is 0 Å². The Morgan fingerprint density at radius 3 is 2.08 bits per heavy atom. The van der Waals surface area contributed by atoms with Crippen molar-refractivity contribution in [1.29, 1.82) is 0 Å². The van der Waals surface area contributed by atoms with Crippen molar-refractivity contribution in [3.63, 3.8) is 0 Å². The number of carbonyl (C=O) groups excluding carboxylic acids is 1. The first-order chi connectivity index (χ1) is 5.54. The molecule has 0 bridgehead atoms. The first-order valence-corrected chi connectivity index (χ1v) is 3.31. The molecule has 0 rings (SSSR count). The summed E-state index contributed by atoms with van der Waals surface area (Å²) in [5.74, 6) is 0. The lowest BCUT2D eigenvalue weighted by molar-refractivity contribution is -0.218. The summed E-state index contributed by atoms with van der Waals surface area (Å²) in [6.07, 6.45) is -6.42. The summed E-state index contributed by atoms with van der Waals surface area (Å²) >= 11 is 0. The third-order valence-electron chi connectivity index (χ3n) is 1.42. The first kappa shape index (κ1) is 11.4. The van der Waals surface area contributed by atoms with Crippen LogP contribution in [0.15, 0.2) is 0 Å². The highest BCUT2D eigenvalue weighted by Crippen LogP contribution is 2.06. The minimum Gasteiger partial charge on any atom is -0.391 e. The number of hydrogen-bond acceptors (Lipinski definition) is 5. The van der Waals surface area contributed by atoms with E-state index in [1.165, 1.54) is 6.92 Å². The summed E-state index contributed by atoms with van der Waals surface area (Å²) < 4.78 is 11.4. The molecule has 72 valence electrons. The van der Waals surface area contributed by atoms with Gasteiger partial charge in [0.1, 0.15) is 12.2 Å². The molecular formula is C6H11FO5. The Morgan fingerprint density at radius 2 is 1.83 bits per heavy atom. The van der Waals surface area contributed by atoms with Gasteiger partial charge in [-0.15, -0.1) is 0 Å². The average Bonchev–Trinajstić information content (AvgIpc) is 2.05. The monoisotopic (exact) mass is 182 g/mol. The van der Waals surface area contributed by atoms with Gasteiger partial charge in [0.15, 0.2) is 12.4 Å². The van der Waals surface area contributed by atoms with Crippen LogP contribution in [0.4, 0.5) is 4.53 Å². The van der Waals surface area contributed by atoms with Gasteiger partial charge in [-0.3, -0.25) is 0 Å². The van der Waals surface area contributed by atoms with Crippen molar-refractivity contribution in [3.05, 3.63) is 0 Å². The lowest BCUT2D eigenvalue weighted by Gasteiger charge is -2.21. The van der Waals surface area contributed by atoms with Crippen LogP contribution >= 0.6 is 0 Å². The van der Waals surface area contributed by atoms with Crippen molar-refractivity contribution in [3.8, 4) is 0 Å². The number of aliphatic hydroxyl groups is 3. The molecule has 0 radical (unpaired) electrons. The van der Waals surface area contributed by atoms with E-state index in [4.69, 9.17) is 15.3 Å². The fourth-order valence-electron chi connectivity index (χ4n) is 0.634. The van der Waals surface area contributed by atoms with Gasteiger partial charge in [0.25, 0.3) is 0 Å². The summed E-state index contributed by atoms with van der Waals surface area (Å²) in [6, 6.07) is 0. The molecule has 0 aromatic heterocycles. The van der Waals surface area contributed by atoms with Crippen molar-refractivity contribution in [2.24, 2.45) is 0 Å². The molecule has 0 aromatic carbocycles. The van der Waals surface area contributed by atoms with Crippen LogP contribution in [0.2, 0.25) is 0 Å². The highest BCUT2D eigenvalue weighted by Gasteiger charge is 2.30. The summed E-state index contributed by atoms with van der Waals surface area (Å²) in [4.78, 5) is 13.0. The first-order valence-electron chi connectivity index (χ1n) is 3.31. The van der Waals surface area contributed by atoms with Crippen LogP contribution < -0.4 is 0 Å². The van der Waals surface area contributed by atoms with E-state index >= 15 is 0 Å². The second-order valence-electron chi connectivity index (χ2n) is 2.41. The van der Waals surface area contributed by atoms with Crippen molar-refractivity contribution < 1.29 is 29.6 Å². The lowest BCUT2D eigenvalue weighted by atomic mass is 10.1. The van der Waals surface area contributed by atoms with Crippen molar-refractivity contribution >= 4 is 6.29 Å². The second kappa shape index (κ2) is 5.15. The molecular weight excluding hydrogens is 171 g/mol. The van der Waals surface area contributed by atoms with Gasteiger partial charge in [0, 0.05) is 0 Å². The molecule has 0 saturated heterocycles. The van der Waals surface area contributed by atoms with Gasteiger partial charge >= 0.3 is 0 Å². The summed E-state index contributed by atoms with van der Waals surface area (Å²) in [5.41, 5.74) is 0. The molecule has 6 heteroatoms. The SMILES string of the molecule is C[C@@H](O)[C@@H](O)[C@H](O)[C@H](C=O)OF. The number of rotatable bonds is 5.